The highest BCUT2D eigenvalue weighted by molar-refractivity contribution is 7.26. The smallest absolute Gasteiger partial charge is 0.407 e. The lowest BCUT2D eigenvalue weighted by Gasteiger charge is -2.37. The molecule has 1 fully saturated rings. The van der Waals surface area contributed by atoms with Crippen molar-refractivity contribution in [2.45, 2.75) is 19.9 Å². The van der Waals surface area contributed by atoms with E-state index in [4.69, 9.17) is 5.11 Å². The van der Waals surface area contributed by atoms with Crippen molar-refractivity contribution < 1.29 is 9.90 Å². The summed E-state index contributed by atoms with van der Waals surface area (Å²) < 4.78 is 2.90. The number of fused-ring (bicyclic) bond motifs is 3. The van der Waals surface area contributed by atoms with E-state index in [2.05, 4.69) is 27.5 Å². The number of rotatable bonds is 2. The van der Waals surface area contributed by atoms with Gasteiger partial charge in [0.05, 0.1) is 22.0 Å². The van der Waals surface area contributed by atoms with E-state index in [1.165, 1.54) is 4.90 Å². The average Bonchev–Trinajstić information content (AvgIpc) is 2.96. The zero-order valence-electron chi connectivity index (χ0n) is 13.0. The van der Waals surface area contributed by atoms with Crippen LogP contribution in [0.1, 0.15) is 11.3 Å². The van der Waals surface area contributed by atoms with Crippen LogP contribution in [0.15, 0.2) is 0 Å². The summed E-state index contributed by atoms with van der Waals surface area (Å²) in [6.07, 6.45) is -0.877. The third-order valence-electron chi connectivity index (χ3n) is 4.35. The van der Waals surface area contributed by atoms with Crippen LogP contribution in [0.25, 0.3) is 20.4 Å². The molecule has 1 amide bonds. The van der Waals surface area contributed by atoms with Crippen LogP contribution < -0.4 is 5.32 Å². The van der Waals surface area contributed by atoms with E-state index in [1.54, 1.807) is 11.3 Å². The summed E-state index contributed by atoms with van der Waals surface area (Å²) in [6, 6.07) is 0.100. The van der Waals surface area contributed by atoms with Gasteiger partial charge in [-0.3, -0.25) is 4.68 Å². The van der Waals surface area contributed by atoms with E-state index in [0.29, 0.717) is 13.1 Å². The Kier molecular flexibility index (Phi) is 2.95. The molecule has 0 aliphatic carbocycles. The standard InChI is InChI=1S/C14H16N6O2S/c1-6-7(2)16-17-13-9(6)10-11(23-13)12(18-19(10)3)15-8-4-20(5-8)14(21)22/h8H,4-5H2,1-3H3,(H,15,18)(H,21,22). The number of anilines is 1. The number of hydrogen-bond donors (Lipinski definition) is 2. The largest absolute Gasteiger partial charge is 0.465 e. The quantitative estimate of drug-likeness (QED) is 0.745. The fourth-order valence-corrected chi connectivity index (χ4v) is 4.08. The summed E-state index contributed by atoms with van der Waals surface area (Å²) >= 11 is 1.57. The molecule has 120 valence electrons. The van der Waals surface area contributed by atoms with Gasteiger partial charge in [-0.1, -0.05) is 0 Å². The lowest BCUT2D eigenvalue weighted by atomic mass is 10.1. The molecule has 2 N–H and O–H groups in total. The van der Waals surface area contributed by atoms with Crippen LogP contribution in [0.4, 0.5) is 10.6 Å². The Morgan fingerprint density at radius 2 is 2.09 bits per heavy atom. The van der Waals surface area contributed by atoms with Crippen LogP contribution in [-0.2, 0) is 7.05 Å². The Balaban J connectivity index is 1.75. The van der Waals surface area contributed by atoms with E-state index in [0.717, 1.165) is 37.5 Å². The van der Waals surface area contributed by atoms with E-state index in [1.807, 2.05) is 18.7 Å². The molecule has 0 unspecified atom stereocenters. The molecular formula is C14H16N6O2S. The van der Waals surface area contributed by atoms with Gasteiger partial charge in [0, 0.05) is 25.5 Å². The Bertz CT molecular complexity index is 940. The number of likely N-dealkylation sites (tertiary alicyclic amines) is 1. The van der Waals surface area contributed by atoms with Crippen molar-refractivity contribution in [3.8, 4) is 0 Å². The lowest BCUT2D eigenvalue weighted by Crippen LogP contribution is -2.56. The molecule has 1 aliphatic rings. The molecule has 1 saturated heterocycles. The van der Waals surface area contributed by atoms with E-state index in [9.17, 15) is 4.79 Å². The molecule has 0 saturated carbocycles. The SMILES string of the molecule is Cc1nnc2sc3c(NC4CN(C(=O)O)C4)nn(C)c3c2c1C. The number of hydrogen-bond acceptors (Lipinski definition) is 6. The molecule has 0 radical (unpaired) electrons. The number of carbonyl (C=O) groups is 1. The highest BCUT2D eigenvalue weighted by Gasteiger charge is 2.31. The fourth-order valence-electron chi connectivity index (χ4n) is 2.92. The van der Waals surface area contributed by atoms with Crippen molar-refractivity contribution in [1.82, 2.24) is 24.9 Å². The second-order valence-corrected chi connectivity index (χ2v) is 6.87. The zero-order chi connectivity index (χ0) is 16.3. The third-order valence-corrected chi connectivity index (χ3v) is 5.42. The number of carboxylic acid groups (broad SMARTS) is 1. The van der Waals surface area contributed by atoms with Gasteiger partial charge in [-0.15, -0.1) is 16.4 Å². The Hall–Kier alpha value is -2.42. The molecule has 0 aromatic carbocycles. The van der Waals surface area contributed by atoms with Crippen LogP contribution >= 0.6 is 11.3 Å². The molecule has 4 rings (SSSR count). The minimum atomic E-state index is -0.877. The van der Waals surface area contributed by atoms with Crippen LogP contribution in [-0.4, -0.2) is 55.2 Å². The van der Waals surface area contributed by atoms with Gasteiger partial charge in [0.15, 0.2) is 5.82 Å². The molecule has 3 aromatic rings. The highest BCUT2D eigenvalue weighted by atomic mass is 32.1. The van der Waals surface area contributed by atoms with Gasteiger partial charge in [0.1, 0.15) is 4.83 Å². The van der Waals surface area contributed by atoms with Gasteiger partial charge >= 0.3 is 6.09 Å². The van der Waals surface area contributed by atoms with Gasteiger partial charge in [0.2, 0.25) is 0 Å². The molecule has 4 heterocycles. The maximum atomic E-state index is 10.8. The number of amides is 1. The molecule has 0 bridgehead atoms. The summed E-state index contributed by atoms with van der Waals surface area (Å²) in [5.41, 5.74) is 3.10. The summed E-state index contributed by atoms with van der Waals surface area (Å²) in [6.45, 7) is 4.97. The second kappa shape index (κ2) is 4.79. The van der Waals surface area contributed by atoms with Crippen LogP contribution in [0, 0.1) is 13.8 Å². The predicted molar refractivity (Wildman–Crippen MR) is 88.2 cm³/mol. The van der Waals surface area contributed by atoms with E-state index >= 15 is 0 Å². The minimum Gasteiger partial charge on any atom is -0.465 e. The first-order valence-electron chi connectivity index (χ1n) is 7.29. The average molecular weight is 332 g/mol. The predicted octanol–water partition coefficient (Wildman–Crippen LogP) is 1.97. The second-order valence-electron chi connectivity index (χ2n) is 5.87. The van der Waals surface area contributed by atoms with Crippen LogP contribution in [0.5, 0.6) is 0 Å². The molecular weight excluding hydrogens is 316 g/mol. The van der Waals surface area contributed by atoms with Gasteiger partial charge in [0.25, 0.3) is 0 Å². The van der Waals surface area contributed by atoms with Crippen molar-refractivity contribution >= 4 is 43.7 Å². The number of nitrogens with zero attached hydrogens (tertiary/aromatic N) is 5. The van der Waals surface area contributed by atoms with Crippen LogP contribution in [0.2, 0.25) is 0 Å². The Labute approximate surface area is 135 Å². The molecule has 0 spiro atoms. The highest BCUT2D eigenvalue weighted by Crippen LogP contribution is 2.39. The molecule has 8 nitrogen and oxygen atoms in total. The van der Waals surface area contributed by atoms with E-state index in [-0.39, 0.29) is 6.04 Å². The number of nitrogens with one attached hydrogen (secondary N) is 1. The number of aryl methyl sites for hydroxylation is 3. The van der Waals surface area contributed by atoms with Crippen molar-refractivity contribution in [2.75, 3.05) is 18.4 Å². The molecule has 9 heteroatoms. The maximum Gasteiger partial charge on any atom is 0.407 e. The first kappa shape index (κ1) is 14.2. The number of thiophene rings is 1. The molecule has 3 aromatic heterocycles. The van der Waals surface area contributed by atoms with Gasteiger partial charge in [-0.05, 0) is 19.4 Å². The van der Waals surface area contributed by atoms with E-state index < -0.39 is 6.09 Å². The number of aromatic nitrogens is 4. The normalized spacial score (nSPS) is 15.3. The molecule has 0 atom stereocenters. The van der Waals surface area contributed by atoms with Crippen molar-refractivity contribution in [1.29, 1.82) is 0 Å². The Morgan fingerprint density at radius 3 is 2.78 bits per heavy atom. The third kappa shape index (κ3) is 2.03. The minimum absolute atomic E-state index is 0.100. The van der Waals surface area contributed by atoms with Crippen molar-refractivity contribution in [2.24, 2.45) is 7.05 Å². The summed E-state index contributed by atoms with van der Waals surface area (Å²) in [7, 11) is 1.92. The monoisotopic (exact) mass is 332 g/mol. The molecule has 23 heavy (non-hydrogen) atoms. The lowest BCUT2D eigenvalue weighted by molar-refractivity contribution is 0.111. The first-order valence-corrected chi connectivity index (χ1v) is 8.11. The summed E-state index contributed by atoms with van der Waals surface area (Å²) in [5, 5.41) is 26.4. The fraction of sp³-hybridized carbons (Fsp3) is 0.429. The first-order chi connectivity index (χ1) is 11.0. The van der Waals surface area contributed by atoms with Gasteiger partial charge in [-0.2, -0.15) is 10.2 Å². The van der Waals surface area contributed by atoms with Crippen molar-refractivity contribution in [3.05, 3.63) is 11.3 Å². The maximum absolute atomic E-state index is 10.8. The zero-order valence-corrected chi connectivity index (χ0v) is 13.8. The van der Waals surface area contributed by atoms with Gasteiger partial charge in [-0.25, -0.2) is 4.79 Å². The topological polar surface area (TPSA) is 96.2 Å². The summed E-state index contributed by atoms with van der Waals surface area (Å²) in [5.74, 6) is 0.789. The van der Waals surface area contributed by atoms with Crippen LogP contribution in [0.3, 0.4) is 0 Å². The Morgan fingerprint density at radius 1 is 1.35 bits per heavy atom. The summed E-state index contributed by atoms with van der Waals surface area (Å²) in [4.78, 5) is 13.1. The molecule has 1 aliphatic heterocycles. The van der Waals surface area contributed by atoms with Crippen molar-refractivity contribution in [3.63, 3.8) is 0 Å². The van der Waals surface area contributed by atoms with Gasteiger partial charge < -0.3 is 15.3 Å².